The molecule has 100 valence electrons. The van der Waals surface area contributed by atoms with E-state index in [4.69, 9.17) is 5.73 Å². The van der Waals surface area contributed by atoms with Gasteiger partial charge in [-0.15, -0.1) is 0 Å². The maximum atomic E-state index is 12.2. The minimum absolute atomic E-state index is 0.0773. The van der Waals surface area contributed by atoms with E-state index in [2.05, 4.69) is 9.88 Å². The van der Waals surface area contributed by atoms with Gasteiger partial charge in [-0.3, -0.25) is 9.69 Å². The highest BCUT2D eigenvalue weighted by molar-refractivity contribution is 5.92. The molecule has 0 bridgehead atoms. The van der Waals surface area contributed by atoms with Crippen molar-refractivity contribution < 1.29 is 4.79 Å². The lowest BCUT2D eigenvalue weighted by molar-refractivity contribution is 0.0627. The molecule has 1 aromatic rings. The van der Waals surface area contributed by atoms with E-state index in [0.717, 1.165) is 45.7 Å². The van der Waals surface area contributed by atoms with Crippen molar-refractivity contribution in [1.82, 2.24) is 19.4 Å². The highest BCUT2D eigenvalue weighted by Gasteiger charge is 2.23. The van der Waals surface area contributed by atoms with Crippen LogP contribution in [0.2, 0.25) is 0 Å². The molecule has 1 aliphatic rings. The van der Waals surface area contributed by atoms with Crippen LogP contribution in [0.5, 0.6) is 0 Å². The van der Waals surface area contributed by atoms with Gasteiger partial charge in [0.25, 0.3) is 5.91 Å². The number of hydrogen-bond donors (Lipinski definition) is 1. The number of hydrogen-bond acceptors (Lipinski definition) is 4. The van der Waals surface area contributed by atoms with Crippen LogP contribution in [-0.4, -0.2) is 64.5 Å². The van der Waals surface area contributed by atoms with Crippen LogP contribution in [0.1, 0.15) is 16.9 Å². The quantitative estimate of drug-likeness (QED) is 0.785. The summed E-state index contributed by atoms with van der Waals surface area (Å²) in [5, 5.41) is 0. The Hall–Kier alpha value is -1.40. The summed E-state index contributed by atoms with van der Waals surface area (Å²) in [7, 11) is 1.84. The summed E-state index contributed by atoms with van der Waals surface area (Å²) < 4.78 is 1.77. The molecule has 1 amide bonds. The third kappa shape index (κ3) is 2.88. The molecule has 1 fully saturated rings. The maximum absolute atomic E-state index is 12.2. The molecule has 1 saturated heterocycles. The van der Waals surface area contributed by atoms with Crippen molar-refractivity contribution in [1.29, 1.82) is 0 Å². The summed E-state index contributed by atoms with van der Waals surface area (Å²) in [6.45, 7) is 5.20. The second-order valence-electron chi connectivity index (χ2n) is 4.67. The fourth-order valence-corrected chi connectivity index (χ4v) is 2.21. The Balaban J connectivity index is 1.86. The van der Waals surface area contributed by atoms with Crippen molar-refractivity contribution in [3.05, 3.63) is 18.2 Å². The van der Waals surface area contributed by atoms with Gasteiger partial charge in [0.2, 0.25) is 0 Å². The Morgan fingerprint density at radius 2 is 2.11 bits per heavy atom. The minimum atomic E-state index is 0.0773. The van der Waals surface area contributed by atoms with Crippen LogP contribution in [0.3, 0.4) is 0 Å². The highest BCUT2D eigenvalue weighted by Crippen LogP contribution is 2.08. The normalized spacial score (nSPS) is 17.1. The lowest BCUT2D eigenvalue weighted by atomic mass is 10.2. The van der Waals surface area contributed by atoms with Crippen LogP contribution >= 0.6 is 0 Å². The molecule has 0 aliphatic carbocycles. The molecule has 6 heteroatoms. The number of aromatic nitrogens is 2. The summed E-state index contributed by atoms with van der Waals surface area (Å²) in [5.41, 5.74) is 6.16. The first kappa shape index (κ1) is 13.0. The number of amides is 1. The lowest BCUT2D eigenvalue weighted by Gasteiger charge is -2.34. The average Bonchev–Trinajstić information content (AvgIpc) is 2.82. The van der Waals surface area contributed by atoms with Crippen molar-refractivity contribution in [3.63, 3.8) is 0 Å². The van der Waals surface area contributed by atoms with E-state index in [1.54, 1.807) is 17.1 Å². The molecule has 2 N–H and O–H groups in total. The van der Waals surface area contributed by atoms with Crippen molar-refractivity contribution in [2.75, 3.05) is 39.3 Å². The van der Waals surface area contributed by atoms with Gasteiger partial charge in [-0.2, -0.15) is 0 Å². The summed E-state index contributed by atoms with van der Waals surface area (Å²) in [4.78, 5) is 20.5. The predicted molar refractivity (Wildman–Crippen MR) is 69.2 cm³/mol. The number of rotatable bonds is 4. The molecule has 0 radical (unpaired) electrons. The second kappa shape index (κ2) is 5.97. The summed E-state index contributed by atoms with van der Waals surface area (Å²) in [6.07, 6.45) is 4.31. The third-order valence-corrected chi connectivity index (χ3v) is 3.37. The molecule has 0 aromatic carbocycles. The molecule has 1 aromatic heterocycles. The number of piperazine rings is 1. The zero-order chi connectivity index (χ0) is 13.0. The zero-order valence-corrected chi connectivity index (χ0v) is 10.9. The number of aryl methyl sites for hydroxylation is 1. The van der Waals surface area contributed by atoms with Crippen molar-refractivity contribution in [2.45, 2.75) is 6.42 Å². The topological polar surface area (TPSA) is 67.4 Å². The Morgan fingerprint density at radius 3 is 2.67 bits per heavy atom. The molecular weight excluding hydrogens is 230 g/mol. The van der Waals surface area contributed by atoms with E-state index >= 15 is 0 Å². The summed E-state index contributed by atoms with van der Waals surface area (Å²) in [5.74, 6) is 0.0773. The van der Waals surface area contributed by atoms with Crippen LogP contribution in [0, 0.1) is 0 Å². The fourth-order valence-electron chi connectivity index (χ4n) is 2.21. The first-order chi connectivity index (χ1) is 8.72. The van der Waals surface area contributed by atoms with E-state index in [1.807, 2.05) is 11.9 Å². The van der Waals surface area contributed by atoms with Crippen LogP contribution in [0.4, 0.5) is 0 Å². The number of carbonyl (C=O) groups is 1. The fraction of sp³-hybridized carbons (Fsp3) is 0.667. The van der Waals surface area contributed by atoms with Crippen molar-refractivity contribution >= 4 is 5.91 Å². The number of nitrogens with zero attached hydrogens (tertiary/aromatic N) is 4. The molecule has 2 rings (SSSR count). The maximum Gasteiger partial charge on any atom is 0.272 e. The number of carbonyl (C=O) groups excluding carboxylic acids is 1. The van der Waals surface area contributed by atoms with Gasteiger partial charge in [0.15, 0.2) is 0 Å². The minimum Gasteiger partial charge on any atom is -0.335 e. The zero-order valence-electron chi connectivity index (χ0n) is 10.9. The van der Waals surface area contributed by atoms with Gasteiger partial charge in [0.1, 0.15) is 5.69 Å². The molecule has 0 unspecified atom stereocenters. The Labute approximate surface area is 107 Å². The standard InChI is InChI=1S/C12H21N5O/c1-15-10-14-9-11(15)12(18)17-7-5-16(6-8-17)4-2-3-13/h9-10H,2-8,13H2,1H3. The molecular formula is C12H21N5O. The molecule has 0 spiro atoms. The Kier molecular flexibility index (Phi) is 4.33. The van der Waals surface area contributed by atoms with Crippen LogP contribution in [-0.2, 0) is 7.05 Å². The molecule has 0 saturated carbocycles. The van der Waals surface area contributed by atoms with Crippen molar-refractivity contribution in [2.24, 2.45) is 12.8 Å². The van der Waals surface area contributed by atoms with Gasteiger partial charge in [-0.05, 0) is 19.5 Å². The first-order valence-electron chi connectivity index (χ1n) is 6.40. The average molecular weight is 251 g/mol. The summed E-state index contributed by atoms with van der Waals surface area (Å²) >= 11 is 0. The Bertz CT molecular complexity index is 395. The number of nitrogens with two attached hydrogens (primary N) is 1. The molecule has 18 heavy (non-hydrogen) atoms. The van der Waals surface area contributed by atoms with Gasteiger partial charge >= 0.3 is 0 Å². The van der Waals surface area contributed by atoms with Crippen LogP contribution in [0.15, 0.2) is 12.5 Å². The van der Waals surface area contributed by atoms with E-state index in [1.165, 1.54) is 0 Å². The van der Waals surface area contributed by atoms with Gasteiger partial charge < -0.3 is 15.2 Å². The molecule has 2 heterocycles. The molecule has 6 nitrogen and oxygen atoms in total. The monoisotopic (exact) mass is 251 g/mol. The van der Waals surface area contributed by atoms with E-state index in [0.29, 0.717) is 5.69 Å². The summed E-state index contributed by atoms with van der Waals surface area (Å²) in [6, 6.07) is 0. The van der Waals surface area contributed by atoms with Gasteiger partial charge in [-0.1, -0.05) is 0 Å². The van der Waals surface area contributed by atoms with Gasteiger partial charge in [-0.25, -0.2) is 4.98 Å². The molecule has 0 atom stereocenters. The van der Waals surface area contributed by atoms with Gasteiger partial charge in [0.05, 0.1) is 12.5 Å². The lowest BCUT2D eigenvalue weighted by Crippen LogP contribution is -2.49. The van der Waals surface area contributed by atoms with E-state index in [9.17, 15) is 4.79 Å². The second-order valence-corrected chi connectivity index (χ2v) is 4.67. The van der Waals surface area contributed by atoms with Crippen LogP contribution < -0.4 is 5.73 Å². The van der Waals surface area contributed by atoms with E-state index in [-0.39, 0.29) is 5.91 Å². The predicted octanol–water partition coefficient (Wildman–Crippen LogP) is -0.473. The van der Waals surface area contributed by atoms with Crippen molar-refractivity contribution in [3.8, 4) is 0 Å². The SMILES string of the molecule is Cn1cncc1C(=O)N1CCN(CCCN)CC1. The highest BCUT2D eigenvalue weighted by atomic mass is 16.2. The smallest absolute Gasteiger partial charge is 0.272 e. The Morgan fingerprint density at radius 1 is 1.39 bits per heavy atom. The number of imidazole rings is 1. The third-order valence-electron chi connectivity index (χ3n) is 3.37. The van der Waals surface area contributed by atoms with Gasteiger partial charge in [0, 0.05) is 33.2 Å². The van der Waals surface area contributed by atoms with Crippen LogP contribution in [0.25, 0.3) is 0 Å². The first-order valence-corrected chi connectivity index (χ1v) is 6.40. The molecule has 1 aliphatic heterocycles. The van der Waals surface area contributed by atoms with E-state index < -0.39 is 0 Å². The largest absolute Gasteiger partial charge is 0.335 e.